The standard InChI is InChI=1S/C12H17ClN2OS/c13-12-4-3-11(7-15-12)9-17(16)8-10-2-1-5-14-6-10/h3-4,7,10,14H,1-2,5-6,8-9H2/t10-,17+/m1/s1. The predicted molar refractivity (Wildman–Crippen MR) is 71.6 cm³/mol. The number of nitrogens with one attached hydrogen (secondary N) is 1. The fraction of sp³-hybridized carbons (Fsp3) is 0.583. The molecule has 2 rings (SSSR count). The van der Waals surface area contributed by atoms with E-state index in [9.17, 15) is 4.21 Å². The van der Waals surface area contributed by atoms with Crippen LogP contribution < -0.4 is 5.32 Å². The maximum absolute atomic E-state index is 12.0. The molecule has 2 atom stereocenters. The Hall–Kier alpha value is -0.450. The lowest BCUT2D eigenvalue weighted by molar-refractivity contribution is 0.408. The fourth-order valence-electron chi connectivity index (χ4n) is 2.07. The SMILES string of the molecule is O=[S@](Cc1ccc(Cl)nc1)C[C@@H]1CCCNC1. The number of piperidine rings is 1. The topological polar surface area (TPSA) is 42.0 Å². The maximum atomic E-state index is 12.0. The Morgan fingerprint density at radius 1 is 1.53 bits per heavy atom. The molecule has 1 aliphatic rings. The smallest absolute Gasteiger partial charge is 0.129 e. The number of hydrogen-bond donors (Lipinski definition) is 1. The molecule has 1 saturated heterocycles. The first-order valence-electron chi connectivity index (χ1n) is 5.90. The molecule has 1 aliphatic heterocycles. The number of rotatable bonds is 4. The summed E-state index contributed by atoms with van der Waals surface area (Å²) in [4.78, 5) is 4.00. The Bertz CT molecular complexity index is 377. The van der Waals surface area contributed by atoms with E-state index in [1.54, 1.807) is 12.3 Å². The fourth-order valence-corrected chi connectivity index (χ4v) is 3.65. The molecule has 1 fully saturated rings. The van der Waals surface area contributed by atoms with E-state index in [4.69, 9.17) is 11.6 Å². The summed E-state index contributed by atoms with van der Waals surface area (Å²) in [6.45, 7) is 2.11. The van der Waals surface area contributed by atoms with Crippen LogP contribution in [0.1, 0.15) is 18.4 Å². The van der Waals surface area contributed by atoms with E-state index in [1.165, 1.54) is 12.8 Å². The molecule has 5 heteroatoms. The van der Waals surface area contributed by atoms with Crippen LogP contribution in [0.2, 0.25) is 5.15 Å². The quantitative estimate of drug-likeness (QED) is 0.853. The van der Waals surface area contributed by atoms with Crippen LogP contribution in [0, 0.1) is 5.92 Å². The summed E-state index contributed by atoms with van der Waals surface area (Å²) in [5.74, 6) is 1.93. The molecule has 0 spiro atoms. The minimum Gasteiger partial charge on any atom is -0.316 e. The first kappa shape index (κ1) is 13.0. The molecule has 1 aromatic heterocycles. The van der Waals surface area contributed by atoms with E-state index in [0.717, 1.165) is 24.4 Å². The Morgan fingerprint density at radius 3 is 3.06 bits per heavy atom. The molecule has 17 heavy (non-hydrogen) atoms. The van der Waals surface area contributed by atoms with Crippen molar-refractivity contribution in [1.29, 1.82) is 0 Å². The number of pyridine rings is 1. The van der Waals surface area contributed by atoms with Gasteiger partial charge in [0, 0.05) is 22.7 Å². The maximum Gasteiger partial charge on any atom is 0.129 e. The minimum atomic E-state index is -0.798. The molecule has 2 heterocycles. The van der Waals surface area contributed by atoms with E-state index in [2.05, 4.69) is 10.3 Å². The van der Waals surface area contributed by atoms with Gasteiger partial charge in [0.25, 0.3) is 0 Å². The predicted octanol–water partition coefficient (Wildman–Crippen LogP) is 1.98. The van der Waals surface area contributed by atoms with Crippen LogP contribution in [0.4, 0.5) is 0 Å². The number of aromatic nitrogens is 1. The van der Waals surface area contributed by atoms with Crippen LogP contribution in [-0.2, 0) is 16.6 Å². The van der Waals surface area contributed by atoms with Gasteiger partial charge in [0.1, 0.15) is 5.15 Å². The van der Waals surface area contributed by atoms with Gasteiger partial charge in [0.2, 0.25) is 0 Å². The molecular weight excluding hydrogens is 256 g/mol. The van der Waals surface area contributed by atoms with Gasteiger partial charge in [-0.05, 0) is 43.5 Å². The van der Waals surface area contributed by atoms with Crippen LogP contribution in [0.15, 0.2) is 18.3 Å². The lowest BCUT2D eigenvalue weighted by Crippen LogP contribution is -2.32. The van der Waals surface area contributed by atoms with Crippen LogP contribution in [0.25, 0.3) is 0 Å². The largest absolute Gasteiger partial charge is 0.316 e. The summed E-state index contributed by atoms with van der Waals surface area (Å²) < 4.78 is 12.0. The second kappa shape index (κ2) is 6.47. The van der Waals surface area contributed by atoms with E-state index in [1.807, 2.05) is 6.07 Å². The van der Waals surface area contributed by atoms with Gasteiger partial charge in [-0.15, -0.1) is 0 Å². The van der Waals surface area contributed by atoms with Gasteiger partial charge >= 0.3 is 0 Å². The third kappa shape index (κ3) is 4.37. The summed E-state index contributed by atoms with van der Waals surface area (Å²) in [7, 11) is -0.798. The normalized spacial score (nSPS) is 22.3. The average molecular weight is 273 g/mol. The highest BCUT2D eigenvalue weighted by Crippen LogP contribution is 2.14. The zero-order valence-electron chi connectivity index (χ0n) is 9.69. The zero-order chi connectivity index (χ0) is 12.1. The summed E-state index contributed by atoms with van der Waals surface area (Å²) in [5.41, 5.74) is 0.997. The number of nitrogens with zero attached hydrogens (tertiary/aromatic N) is 1. The van der Waals surface area contributed by atoms with Gasteiger partial charge in [0.15, 0.2) is 0 Å². The van der Waals surface area contributed by atoms with Crippen LogP contribution in [0.3, 0.4) is 0 Å². The second-order valence-corrected chi connectivity index (χ2v) is 6.34. The molecule has 0 aliphatic carbocycles. The van der Waals surface area contributed by atoms with E-state index in [0.29, 0.717) is 16.8 Å². The molecule has 3 nitrogen and oxygen atoms in total. The molecule has 1 N–H and O–H groups in total. The van der Waals surface area contributed by atoms with Crippen LogP contribution >= 0.6 is 11.6 Å². The minimum absolute atomic E-state index is 0.482. The Kier molecular flexibility index (Phi) is 4.95. The summed E-state index contributed by atoms with van der Waals surface area (Å²) in [5, 5.41) is 3.83. The van der Waals surface area contributed by atoms with Gasteiger partial charge in [-0.2, -0.15) is 0 Å². The van der Waals surface area contributed by atoms with Crippen molar-refractivity contribution in [3.8, 4) is 0 Å². The van der Waals surface area contributed by atoms with Crippen molar-refractivity contribution in [1.82, 2.24) is 10.3 Å². The van der Waals surface area contributed by atoms with Gasteiger partial charge in [-0.1, -0.05) is 17.7 Å². The van der Waals surface area contributed by atoms with Gasteiger partial charge in [-0.25, -0.2) is 4.98 Å². The van der Waals surface area contributed by atoms with Gasteiger partial charge < -0.3 is 5.32 Å². The highest BCUT2D eigenvalue weighted by molar-refractivity contribution is 7.84. The van der Waals surface area contributed by atoms with E-state index in [-0.39, 0.29) is 0 Å². The molecule has 0 bridgehead atoms. The molecule has 0 radical (unpaired) electrons. The molecular formula is C12H17ClN2OS. The summed E-state index contributed by atoms with van der Waals surface area (Å²) >= 11 is 5.71. The number of halogens is 1. The van der Waals surface area contributed by atoms with Crippen molar-refractivity contribution in [2.24, 2.45) is 5.92 Å². The van der Waals surface area contributed by atoms with Crippen LogP contribution in [-0.4, -0.2) is 28.0 Å². The van der Waals surface area contributed by atoms with Crippen molar-refractivity contribution >= 4 is 22.4 Å². The summed E-state index contributed by atoms with van der Waals surface area (Å²) in [6.07, 6.45) is 4.10. The highest BCUT2D eigenvalue weighted by atomic mass is 35.5. The van der Waals surface area contributed by atoms with Crippen molar-refractivity contribution in [3.05, 3.63) is 29.0 Å². The molecule has 94 valence electrons. The molecule has 0 unspecified atom stereocenters. The van der Waals surface area contributed by atoms with Crippen molar-refractivity contribution in [3.63, 3.8) is 0 Å². The third-order valence-electron chi connectivity index (χ3n) is 2.94. The average Bonchev–Trinajstić information content (AvgIpc) is 2.33. The van der Waals surface area contributed by atoms with Gasteiger partial charge in [0.05, 0.1) is 5.75 Å². The van der Waals surface area contributed by atoms with Crippen molar-refractivity contribution in [2.75, 3.05) is 18.8 Å². The number of hydrogen-bond acceptors (Lipinski definition) is 3. The molecule has 1 aromatic rings. The Labute approximate surface area is 109 Å². The van der Waals surface area contributed by atoms with E-state index >= 15 is 0 Å². The molecule has 0 aromatic carbocycles. The lowest BCUT2D eigenvalue weighted by atomic mass is 10.0. The second-order valence-electron chi connectivity index (χ2n) is 4.45. The zero-order valence-corrected chi connectivity index (χ0v) is 11.3. The van der Waals surface area contributed by atoms with Crippen molar-refractivity contribution < 1.29 is 4.21 Å². The highest BCUT2D eigenvalue weighted by Gasteiger charge is 2.16. The van der Waals surface area contributed by atoms with Crippen LogP contribution in [0.5, 0.6) is 0 Å². The van der Waals surface area contributed by atoms with Crippen molar-refractivity contribution in [2.45, 2.75) is 18.6 Å². The monoisotopic (exact) mass is 272 g/mol. The molecule has 0 saturated carbocycles. The first-order chi connectivity index (χ1) is 8.24. The third-order valence-corrected chi connectivity index (χ3v) is 4.66. The Morgan fingerprint density at radius 2 is 2.41 bits per heavy atom. The molecule has 0 amide bonds. The summed E-state index contributed by atoms with van der Waals surface area (Å²) in [6, 6.07) is 3.64. The van der Waals surface area contributed by atoms with E-state index < -0.39 is 10.8 Å². The lowest BCUT2D eigenvalue weighted by Gasteiger charge is -2.22. The van der Waals surface area contributed by atoms with Gasteiger partial charge in [-0.3, -0.25) is 4.21 Å². The first-order valence-corrected chi connectivity index (χ1v) is 7.77. The Balaban J connectivity index is 1.82.